The van der Waals surface area contributed by atoms with Gasteiger partial charge in [-0.2, -0.15) is 26.3 Å². The summed E-state index contributed by atoms with van der Waals surface area (Å²) >= 11 is 0. The van der Waals surface area contributed by atoms with E-state index in [0.717, 1.165) is 4.90 Å². The number of likely N-dealkylation sites (N-methyl/N-ethyl adjacent to an activating group) is 1. The summed E-state index contributed by atoms with van der Waals surface area (Å²) in [5.74, 6) is 0. The van der Waals surface area contributed by atoms with Crippen molar-refractivity contribution in [2.24, 2.45) is 0 Å². The van der Waals surface area contributed by atoms with Crippen LogP contribution in [0.1, 0.15) is 0 Å². The van der Waals surface area contributed by atoms with E-state index in [0.29, 0.717) is 0 Å². The summed E-state index contributed by atoms with van der Waals surface area (Å²) in [6, 6.07) is 0. The SMILES string of the molecule is CN1CCOC(C(F)(F)F)(C(F)(F)F)C1. The molecule has 0 aromatic carbocycles. The summed E-state index contributed by atoms with van der Waals surface area (Å²) < 4.78 is 78.3. The molecule has 1 aliphatic rings. The molecule has 1 rings (SSSR count). The van der Waals surface area contributed by atoms with Crippen LogP contribution >= 0.6 is 0 Å². The van der Waals surface area contributed by atoms with Crippen LogP contribution in [0.15, 0.2) is 0 Å². The fourth-order valence-corrected chi connectivity index (χ4v) is 1.38. The normalized spacial score (nSPS) is 24.2. The minimum absolute atomic E-state index is 0.0495. The van der Waals surface area contributed by atoms with Gasteiger partial charge in [-0.15, -0.1) is 0 Å². The Morgan fingerprint density at radius 1 is 1.07 bits per heavy atom. The first-order chi connectivity index (χ1) is 6.60. The zero-order chi connectivity index (χ0) is 11.9. The Bertz CT molecular complexity index is 221. The molecule has 1 fully saturated rings. The molecule has 0 radical (unpaired) electrons. The number of halogens is 6. The Kier molecular flexibility index (Phi) is 2.94. The Morgan fingerprint density at radius 2 is 1.53 bits per heavy atom. The Morgan fingerprint density at radius 3 is 1.80 bits per heavy atom. The molecule has 0 N–H and O–H groups in total. The molecule has 1 saturated heterocycles. The van der Waals surface area contributed by atoms with Crippen LogP contribution in [-0.4, -0.2) is 49.6 Å². The van der Waals surface area contributed by atoms with Crippen LogP contribution in [0, 0.1) is 0 Å². The second-order valence-corrected chi connectivity index (χ2v) is 3.41. The number of rotatable bonds is 0. The van der Waals surface area contributed by atoms with Crippen molar-refractivity contribution < 1.29 is 31.1 Å². The van der Waals surface area contributed by atoms with Crippen LogP contribution in [0.2, 0.25) is 0 Å². The highest BCUT2D eigenvalue weighted by Gasteiger charge is 2.73. The van der Waals surface area contributed by atoms with Crippen LogP contribution in [0.5, 0.6) is 0 Å². The third-order valence-electron chi connectivity index (χ3n) is 2.23. The standard InChI is InChI=1S/C7H9F6NO/c1-14-2-3-15-5(4-14,6(8,9)10)7(11,12)13/h2-4H2,1H3. The van der Waals surface area contributed by atoms with Crippen LogP contribution in [0.3, 0.4) is 0 Å². The van der Waals surface area contributed by atoms with E-state index in [1.54, 1.807) is 0 Å². The molecule has 2 nitrogen and oxygen atoms in total. The smallest absolute Gasteiger partial charge is 0.356 e. The van der Waals surface area contributed by atoms with Crippen LogP contribution in [-0.2, 0) is 4.74 Å². The minimum Gasteiger partial charge on any atom is -0.356 e. The van der Waals surface area contributed by atoms with E-state index in [-0.39, 0.29) is 6.54 Å². The molecule has 15 heavy (non-hydrogen) atoms. The van der Waals surface area contributed by atoms with Gasteiger partial charge in [0, 0.05) is 13.1 Å². The highest BCUT2D eigenvalue weighted by molar-refractivity contribution is 4.99. The topological polar surface area (TPSA) is 12.5 Å². The van der Waals surface area contributed by atoms with Crippen LogP contribution in [0.4, 0.5) is 26.3 Å². The van der Waals surface area contributed by atoms with Crippen molar-refractivity contribution in [3.63, 3.8) is 0 Å². The Hall–Kier alpha value is -0.500. The van der Waals surface area contributed by atoms with E-state index < -0.39 is 31.1 Å². The summed E-state index contributed by atoms with van der Waals surface area (Å²) in [4.78, 5) is 0.949. The lowest BCUT2D eigenvalue weighted by atomic mass is 10.0. The first-order valence-corrected chi connectivity index (χ1v) is 4.06. The number of alkyl halides is 6. The Labute approximate surface area is 81.8 Å². The lowest BCUT2D eigenvalue weighted by Crippen LogP contribution is -2.67. The molecule has 1 heterocycles. The molecular formula is C7H9F6NO. The average molecular weight is 237 g/mol. The van der Waals surface area contributed by atoms with Crippen molar-refractivity contribution in [2.45, 2.75) is 18.0 Å². The van der Waals surface area contributed by atoms with Gasteiger partial charge in [0.05, 0.1) is 6.61 Å². The predicted molar refractivity (Wildman–Crippen MR) is 38.3 cm³/mol. The number of hydrogen-bond acceptors (Lipinski definition) is 2. The molecular weight excluding hydrogens is 228 g/mol. The van der Waals surface area contributed by atoms with Gasteiger partial charge in [0.15, 0.2) is 0 Å². The minimum atomic E-state index is -5.46. The van der Waals surface area contributed by atoms with Crippen molar-refractivity contribution in [3.8, 4) is 0 Å². The molecule has 0 amide bonds. The molecule has 8 heteroatoms. The fraction of sp³-hybridized carbons (Fsp3) is 1.00. The summed E-state index contributed by atoms with van der Waals surface area (Å²) in [7, 11) is 1.19. The molecule has 0 aromatic rings. The first kappa shape index (κ1) is 12.6. The van der Waals surface area contributed by atoms with E-state index in [4.69, 9.17) is 0 Å². The van der Waals surface area contributed by atoms with Crippen molar-refractivity contribution in [3.05, 3.63) is 0 Å². The van der Waals surface area contributed by atoms with Crippen molar-refractivity contribution in [2.75, 3.05) is 26.7 Å². The van der Waals surface area contributed by atoms with E-state index in [1.807, 2.05) is 0 Å². The zero-order valence-electron chi connectivity index (χ0n) is 7.74. The van der Waals surface area contributed by atoms with E-state index >= 15 is 0 Å². The summed E-state index contributed by atoms with van der Waals surface area (Å²) in [6.07, 6.45) is -10.9. The van der Waals surface area contributed by atoms with Gasteiger partial charge in [-0.3, -0.25) is 0 Å². The lowest BCUT2D eigenvalue weighted by molar-refractivity contribution is -0.392. The lowest BCUT2D eigenvalue weighted by Gasteiger charge is -2.42. The monoisotopic (exact) mass is 237 g/mol. The second kappa shape index (κ2) is 3.51. The third kappa shape index (κ3) is 2.05. The van der Waals surface area contributed by atoms with Gasteiger partial charge in [-0.25, -0.2) is 0 Å². The molecule has 0 unspecified atom stereocenters. The summed E-state index contributed by atoms with van der Waals surface area (Å²) in [6.45, 7) is -1.76. The van der Waals surface area contributed by atoms with Crippen LogP contribution < -0.4 is 0 Å². The quantitative estimate of drug-likeness (QED) is 0.596. The van der Waals surface area contributed by atoms with E-state index in [9.17, 15) is 26.3 Å². The van der Waals surface area contributed by atoms with Gasteiger partial charge in [0.2, 0.25) is 0 Å². The highest BCUT2D eigenvalue weighted by atomic mass is 19.4. The van der Waals surface area contributed by atoms with Gasteiger partial charge < -0.3 is 9.64 Å². The number of hydrogen-bond donors (Lipinski definition) is 0. The zero-order valence-corrected chi connectivity index (χ0v) is 7.74. The van der Waals surface area contributed by atoms with Gasteiger partial charge in [0.1, 0.15) is 0 Å². The maximum absolute atomic E-state index is 12.4. The molecule has 0 aromatic heterocycles. The number of ether oxygens (including phenoxy) is 1. The molecule has 1 aliphatic heterocycles. The number of nitrogens with zero attached hydrogens (tertiary/aromatic N) is 1. The van der Waals surface area contributed by atoms with Crippen molar-refractivity contribution in [1.29, 1.82) is 0 Å². The molecule has 0 bridgehead atoms. The number of morpholine rings is 1. The second-order valence-electron chi connectivity index (χ2n) is 3.41. The molecule has 0 saturated carbocycles. The van der Waals surface area contributed by atoms with E-state index in [1.165, 1.54) is 7.05 Å². The molecule has 0 atom stereocenters. The first-order valence-electron chi connectivity index (χ1n) is 4.06. The fourth-order valence-electron chi connectivity index (χ4n) is 1.38. The summed E-state index contributed by atoms with van der Waals surface area (Å²) in [5, 5.41) is 0. The van der Waals surface area contributed by atoms with Crippen molar-refractivity contribution >= 4 is 0 Å². The van der Waals surface area contributed by atoms with Gasteiger partial charge >= 0.3 is 12.4 Å². The molecule has 90 valence electrons. The van der Waals surface area contributed by atoms with Gasteiger partial charge in [0.25, 0.3) is 5.60 Å². The predicted octanol–water partition coefficient (Wildman–Crippen LogP) is 1.81. The molecule has 0 spiro atoms. The van der Waals surface area contributed by atoms with E-state index in [2.05, 4.69) is 4.74 Å². The molecule has 0 aliphatic carbocycles. The highest BCUT2D eigenvalue weighted by Crippen LogP contribution is 2.47. The maximum atomic E-state index is 12.4. The largest absolute Gasteiger partial charge is 0.427 e. The average Bonchev–Trinajstić information content (AvgIpc) is 1.99. The van der Waals surface area contributed by atoms with Gasteiger partial charge in [-0.05, 0) is 7.05 Å². The van der Waals surface area contributed by atoms with Crippen molar-refractivity contribution in [1.82, 2.24) is 4.90 Å². The van der Waals surface area contributed by atoms with Crippen LogP contribution in [0.25, 0.3) is 0 Å². The third-order valence-corrected chi connectivity index (χ3v) is 2.23. The Balaban J connectivity index is 3.07. The maximum Gasteiger partial charge on any atom is 0.427 e. The van der Waals surface area contributed by atoms with Gasteiger partial charge in [-0.1, -0.05) is 0 Å². The summed E-state index contributed by atoms with van der Waals surface area (Å²) in [5.41, 5.74) is -4.05.